The van der Waals surface area contributed by atoms with E-state index in [1.54, 1.807) is 7.11 Å². The van der Waals surface area contributed by atoms with Crippen molar-refractivity contribution in [2.24, 2.45) is 0 Å². The van der Waals surface area contributed by atoms with Crippen molar-refractivity contribution in [1.82, 2.24) is 5.32 Å². The largest absolute Gasteiger partial charge is 0.383 e. The third kappa shape index (κ3) is 4.02. The van der Waals surface area contributed by atoms with Gasteiger partial charge >= 0.3 is 0 Å². The van der Waals surface area contributed by atoms with Gasteiger partial charge in [0, 0.05) is 18.9 Å². The average Bonchev–Trinajstić information content (AvgIpc) is 2.40. The van der Waals surface area contributed by atoms with E-state index in [1.807, 2.05) is 0 Å². The smallest absolute Gasteiger partial charge is 0.0657 e. The van der Waals surface area contributed by atoms with Gasteiger partial charge in [0.1, 0.15) is 0 Å². The van der Waals surface area contributed by atoms with Crippen LogP contribution in [-0.4, -0.2) is 31.3 Å². The molecule has 0 aliphatic carbocycles. The fourth-order valence-electron chi connectivity index (χ4n) is 2.25. The third-order valence-electron chi connectivity index (χ3n) is 3.13. The highest BCUT2D eigenvalue weighted by Gasteiger charge is 2.19. The molecule has 0 saturated carbocycles. The molecule has 1 aromatic carbocycles. The second-order valence-electron chi connectivity index (χ2n) is 4.50. The van der Waals surface area contributed by atoms with Crippen molar-refractivity contribution in [2.75, 3.05) is 25.2 Å². The number of rotatable bonds is 5. The van der Waals surface area contributed by atoms with Gasteiger partial charge in [-0.3, -0.25) is 0 Å². The molecule has 0 aromatic heterocycles. The standard InChI is InChI=1S/C14H21NOS/c1-16-10-14(12-6-3-2-4-7-12)15-13-8-5-9-17-11-13/h2-4,6-7,13-15H,5,8-11H2,1H3. The first-order valence-corrected chi connectivity index (χ1v) is 7.43. The molecule has 2 rings (SSSR count). The second-order valence-corrected chi connectivity index (χ2v) is 5.65. The van der Waals surface area contributed by atoms with Crippen LogP contribution in [0.25, 0.3) is 0 Å². The van der Waals surface area contributed by atoms with Crippen LogP contribution in [0.1, 0.15) is 24.4 Å². The molecule has 1 N–H and O–H groups in total. The topological polar surface area (TPSA) is 21.3 Å². The Labute approximate surface area is 108 Å². The summed E-state index contributed by atoms with van der Waals surface area (Å²) in [6.45, 7) is 0.741. The first kappa shape index (κ1) is 12.9. The fraction of sp³-hybridized carbons (Fsp3) is 0.571. The van der Waals surface area contributed by atoms with E-state index in [0.717, 1.165) is 6.61 Å². The lowest BCUT2D eigenvalue weighted by molar-refractivity contribution is 0.161. The van der Waals surface area contributed by atoms with Crippen molar-refractivity contribution in [1.29, 1.82) is 0 Å². The molecule has 0 radical (unpaired) electrons. The second kappa shape index (κ2) is 7.04. The molecule has 1 aliphatic heterocycles. The van der Waals surface area contributed by atoms with Gasteiger partial charge in [0.15, 0.2) is 0 Å². The Balaban J connectivity index is 1.96. The summed E-state index contributed by atoms with van der Waals surface area (Å²) in [5, 5.41) is 3.73. The Morgan fingerprint density at radius 3 is 2.88 bits per heavy atom. The van der Waals surface area contributed by atoms with Crippen LogP contribution in [0.4, 0.5) is 0 Å². The van der Waals surface area contributed by atoms with Gasteiger partial charge in [-0.1, -0.05) is 30.3 Å². The maximum atomic E-state index is 5.33. The molecule has 1 saturated heterocycles. The Bertz CT molecular complexity index is 311. The summed E-state index contributed by atoms with van der Waals surface area (Å²) in [5.41, 5.74) is 1.32. The maximum absolute atomic E-state index is 5.33. The van der Waals surface area contributed by atoms with Crippen LogP contribution >= 0.6 is 11.8 Å². The minimum absolute atomic E-state index is 0.324. The monoisotopic (exact) mass is 251 g/mol. The molecule has 3 heteroatoms. The zero-order valence-electron chi connectivity index (χ0n) is 10.4. The van der Waals surface area contributed by atoms with E-state index in [1.165, 1.54) is 29.9 Å². The predicted octanol–water partition coefficient (Wildman–Crippen LogP) is 2.86. The van der Waals surface area contributed by atoms with Crippen LogP contribution in [0.5, 0.6) is 0 Å². The summed E-state index contributed by atoms with van der Waals surface area (Å²) in [7, 11) is 1.77. The van der Waals surface area contributed by atoms with E-state index < -0.39 is 0 Å². The summed E-state index contributed by atoms with van der Waals surface area (Å²) >= 11 is 2.05. The van der Waals surface area contributed by atoms with Crippen LogP contribution in [0.3, 0.4) is 0 Å². The minimum Gasteiger partial charge on any atom is -0.383 e. The summed E-state index contributed by atoms with van der Waals surface area (Å²) in [5.74, 6) is 2.55. The van der Waals surface area contributed by atoms with Gasteiger partial charge in [-0.05, 0) is 24.2 Å². The van der Waals surface area contributed by atoms with Crippen molar-refractivity contribution >= 4 is 11.8 Å². The van der Waals surface area contributed by atoms with Crippen LogP contribution in [0.2, 0.25) is 0 Å². The van der Waals surface area contributed by atoms with Gasteiger partial charge in [-0.2, -0.15) is 11.8 Å². The molecule has 17 heavy (non-hydrogen) atoms. The number of methoxy groups -OCH3 is 1. The lowest BCUT2D eigenvalue weighted by Crippen LogP contribution is -2.38. The summed E-state index contributed by atoms with van der Waals surface area (Å²) in [4.78, 5) is 0. The SMILES string of the molecule is COCC(NC1CCCSC1)c1ccccc1. The molecule has 0 bridgehead atoms. The normalized spacial score (nSPS) is 22.3. The Morgan fingerprint density at radius 1 is 1.41 bits per heavy atom. The van der Waals surface area contributed by atoms with E-state index in [0.29, 0.717) is 12.1 Å². The summed E-state index contributed by atoms with van der Waals surface area (Å²) in [6.07, 6.45) is 2.62. The zero-order chi connectivity index (χ0) is 11.9. The molecular formula is C14H21NOS. The molecule has 1 aromatic rings. The van der Waals surface area contributed by atoms with Crippen LogP contribution in [0, 0.1) is 0 Å². The van der Waals surface area contributed by atoms with Crippen LogP contribution < -0.4 is 5.32 Å². The predicted molar refractivity (Wildman–Crippen MR) is 74.5 cm³/mol. The van der Waals surface area contributed by atoms with E-state index in [-0.39, 0.29) is 0 Å². The van der Waals surface area contributed by atoms with E-state index in [4.69, 9.17) is 4.74 Å². The lowest BCUT2D eigenvalue weighted by atomic mass is 10.1. The number of hydrogen-bond donors (Lipinski definition) is 1. The number of thioether (sulfide) groups is 1. The van der Waals surface area contributed by atoms with Gasteiger partial charge in [0.25, 0.3) is 0 Å². The number of benzene rings is 1. The Kier molecular flexibility index (Phi) is 5.36. The molecule has 2 unspecified atom stereocenters. The summed E-state index contributed by atoms with van der Waals surface area (Å²) < 4.78 is 5.33. The first-order chi connectivity index (χ1) is 8.40. The van der Waals surface area contributed by atoms with Crippen molar-refractivity contribution < 1.29 is 4.74 Å². The van der Waals surface area contributed by atoms with Crippen molar-refractivity contribution in [3.63, 3.8) is 0 Å². The number of ether oxygens (including phenoxy) is 1. The first-order valence-electron chi connectivity index (χ1n) is 6.28. The van der Waals surface area contributed by atoms with Gasteiger partial charge in [0.2, 0.25) is 0 Å². The van der Waals surface area contributed by atoms with Crippen molar-refractivity contribution in [3.05, 3.63) is 35.9 Å². The van der Waals surface area contributed by atoms with Crippen molar-refractivity contribution in [2.45, 2.75) is 24.9 Å². The Morgan fingerprint density at radius 2 is 2.24 bits per heavy atom. The van der Waals surface area contributed by atoms with Crippen LogP contribution in [0.15, 0.2) is 30.3 Å². The van der Waals surface area contributed by atoms with Gasteiger partial charge in [0.05, 0.1) is 12.6 Å². The average molecular weight is 251 g/mol. The highest BCUT2D eigenvalue weighted by molar-refractivity contribution is 7.99. The molecule has 2 atom stereocenters. The molecule has 1 fully saturated rings. The maximum Gasteiger partial charge on any atom is 0.0657 e. The highest BCUT2D eigenvalue weighted by Crippen LogP contribution is 2.21. The molecule has 0 amide bonds. The molecular weight excluding hydrogens is 230 g/mol. The van der Waals surface area contributed by atoms with E-state index in [2.05, 4.69) is 47.4 Å². The zero-order valence-corrected chi connectivity index (χ0v) is 11.2. The lowest BCUT2D eigenvalue weighted by Gasteiger charge is -2.28. The molecule has 94 valence electrons. The van der Waals surface area contributed by atoms with Gasteiger partial charge < -0.3 is 10.1 Å². The number of nitrogens with one attached hydrogen (secondary N) is 1. The third-order valence-corrected chi connectivity index (χ3v) is 4.35. The van der Waals surface area contributed by atoms with Crippen molar-refractivity contribution in [3.8, 4) is 0 Å². The Hall–Kier alpha value is -0.510. The molecule has 0 spiro atoms. The number of hydrogen-bond acceptors (Lipinski definition) is 3. The molecule has 1 heterocycles. The molecule has 1 aliphatic rings. The van der Waals surface area contributed by atoms with Gasteiger partial charge in [-0.15, -0.1) is 0 Å². The fourth-order valence-corrected chi connectivity index (χ4v) is 3.33. The minimum atomic E-state index is 0.324. The van der Waals surface area contributed by atoms with Gasteiger partial charge in [-0.25, -0.2) is 0 Å². The van der Waals surface area contributed by atoms with Crippen LogP contribution in [-0.2, 0) is 4.74 Å². The summed E-state index contributed by atoms with van der Waals surface area (Å²) in [6, 6.07) is 11.5. The van der Waals surface area contributed by atoms with E-state index in [9.17, 15) is 0 Å². The molecule has 2 nitrogen and oxygen atoms in total. The highest BCUT2D eigenvalue weighted by atomic mass is 32.2. The quantitative estimate of drug-likeness (QED) is 0.869. The van der Waals surface area contributed by atoms with E-state index >= 15 is 0 Å².